The average molecular weight is 341 g/mol. The standard InChI is InChI=1S/C12H17BrN6O/c1-6(2)8(12(20)14-3)17-10-7-9(13)18-19(4)11(7)16-5-15-10/h5-6,8H,1-4H3,(H,14,20)(H,15,16,17). The summed E-state index contributed by atoms with van der Waals surface area (Å²) >= 11 is 3.40. The lowest BCUT2D eigenvalue weighted by Crippen LogP contribution is -2.41. The highest BCUT2D eigenvalue weighted by atomic mass is 79.9. The van der Waals surface area contributed by atoms with Crippen LogP contribution in [-0.4, -0.2) is 38.7 Å². The third-order valence-corrected chi connectivity index (χ3v) is 3.62. The Bertz CT molecular complexity index is 638. The van der Waals surface area contributed by atoms with Gasteiger partial charge in [-0.1, -0.05) is 13.8 Å². The van der Waals surface area contributed by atoms with Crippen LogP contribution in [0.3, 0.4) is 0 Å². The van der Waals surface area contributed by atoms with Crippen LogP contribution >= 0.6 is 15.9 Å². The van der Waals surface area contributed by atoms with E-state index in [0.29, 0.717) is 16.1 Å². The zero-order valence-corrected chi connectivity index (χ0v) is 13.4. The van der Waals surface area contributed by atoms with Crippen molar-refractivity contribution in [2.45, 2.75) is 19.9 Å². The molecule has 0 aliphatic heterocycles. The second-order valence-corrected chi connectivity index (χ2v) is 5.57. The van der Waals surface area contributed by atoms with Gasteiger partial charge in [0, 0.05) is 14.1 Å². The van der Waals surface area contributed by atoms with Gasteiger partial charge in [0.2, 0.25) is 5.91 Å². The van der Waals surface area contributed by atoms with Crippen LogP contribution in [0.15, 0.2) is 10.9 Å². The fourth-order valence-electron chi connectivity index (χ4n) is 1.99. The fraction of sp³-hybridized carbons (Fsp3) is 0.500. The molecular formula is C12H17BrN6O. The maximum Gasteiger partial charge on any atom is 0.242 e. The van der Waals surface area contributed by atoms with Gasteiger partial charge in [0.05, 0.1) is 5.39 Å². The van der Waals surface area contributed by atoms with Gasteiger partial charge in [0.15, 0.2) is 5.65 Å². The van der Waals surface area contributed by atoms with Crippen LogP contribution in [0.4, 0.5) is 5.82 Å². The van der Waals surface area contributed by atoms with Gasteiger partial charge in [0.25, 0.3) is 0 Å². The van der Waals surface area contributed by atoms with Gasteiger partial charge in [-0.3, -0.25) is 4.79 Å². The van der Waals surface area contributed by atoms with E-state index < -0.39 is 0 Å². The first-order valence-corrected chi connectivity index (χ1v) is 7.06. The number of carbonyl (C=O) groups is 1. The number of aryl methyl sites for hydroxylation is 1. The van der Waals surface area contributed by atoms with Crippen molar-refractivity contribution in [2.75, 3.05) is 12.4 Å². The molecule has 2 aromatic heterocycles. The van der Waals surface area contributed by atoms with Crippen molar-refractivity contribution < 1.29 is 4.79 Å². The van der Waals surface area contributed by atoms with E-state index in [-0.39, 0.29) is 17.9 Å². The number of nitrogens with zero attached hydrogens (tertiary/aromatic N) is 4. The average Bonchev–Trinajstić information content (AvgIpc) is 2.71. The highest BCUT2D eigenvalue weighted by Crippen LogP contribution is 2.27. The lowest BCUT2D eigenvalue weighted by molar-refractivity contribution is -0.122. The predicted octanol–water partition coefficient (Wildman–Crippen LogP) is 1.31. The summed E-state index contributed by atoms with van der Waals surface area (Å²) in [5, 5.41) is 10.9. The monoisotopic (exact) mass is 340 g/mol. The zero-order valence-electron chi connectivity index (χ0n) is 11.8. The van der Waals surface area contributed by atoms with Crippen LogP contribution in [0, 0.1) is 5.92 Å². The number of rotatable bonds is 4. The van der Waals surface area contributed by atoms with Gasteiger partial charge in [-0.05, 0) is 21.8 Å². The largest absolute Gasteiger partial charge is 0.357 e. The van der Waals surface area contributed by atoms with E-state index in [4.69, 9.17) is 0 Å². The van der Waals surface area contributed by atoms with E-state index in [1.807, 2.05) is 20.9 Å². The Balaban J connectivity index is 2.45. The number of likely N-dealkylation sites (N-methyl/N-ethyl adjacent to an activating group) is 1. The molecule has 2 N–H and O–H groups in total. The van der Waals surface area contributed by atoms with Gasteiger partial charge in [0.1, 0.15) is 22.8 Å². The molecule has 0 aliphatic carbocycles. The maximum atomic E-state index is 11.9. The number of anilines is 1. The summed E-state index contributed by atoms with van der Waals surface area (Å²) in [6.07, 6.45) is 1.46. The molecule has 0 aromatic carbocycles. The SMILES string of the molecule is CNC(=O)C(Nc1ncnc2c1c(Br)nn2C)C(C)C. The summed E-state index contributed by atoms with van der Waals surface area (Å²) in [6, 6.07) is -0.370. The van der Waals surface area contributed by atoms with E-state index in [1.54, 1.807) is 11.7 Å². The molecule has 2 aromatic rings. The van der Waals surface area contributed by atoms with Crippen LogP contribution < -0.4 is 10.6 Å². The van der Waals surface area contributed by atoms with E-state index in [9.17, 15) is 4.79 Å². The molecule has 0 saturated heterocycles. The molecule has 0 radical (unpaired) electrons. The first kappa shape index (κ1) is 14.7. The molecule has 0 bridgehead atoms. The molecule has 1 unspecified atom stereocenters. The van der Waals surface area contributed by atoms with Crippen LogP contribution in [0.1, 0.15) is 13.8 Å². The van der Waals surface area contributed by atoms with E-state index >= 15 is 0 Å². The fourth-order valence-corrected chi connectivity index (χ4v) is 2.59. The molecule has 1 amide bonds. The van der Waals surface area contributed by atoms with Gasteiger partial charge < -0.3 is 10.6 Å². The summed E-state index contributed by atoms with van der Waals surface area (Å²) in [6.45, 7) is 3.95. The van der Waals surface area contributed by atoms with Crippen molar-refractivity contribution >= 4 is 38.7 Å². The second-order valence-electron chi connectivity index (χ2n) is 4.82. The van der Waals surface area contributed by atoms with Gasteiger partial charge >= 0.3 is 0 Å². The van der Waals surface area contributed by atoms with Crippen LogP contribution in [0.2, 0.25) is 0 Å². The molecule has 2 rings (SSSR count). The number of carbonyl (C=O) groups excluding carboxylic acids is 1. The highest BCUT2D eigenvalue weighted by Gasteiger charge is 2.23. The Hall–Kier alpha value is -1.70. The number of nitrogens with one attached hydrogen (secondary N) is 2. The normalized spacial score (nSPS) is 12.7. The van der Waals surface area contributed by atoms with Gasteiger partial charge in [-0.15, -0.1) is 0 Å². The van der Waals surface area contributed by atoms with Crippen LogP contribution in [0.25, 0.3) is 11.0 Å². The maximum absolute atomic E-state index is 11.9. The first-order valence-electron chi connectivity index (χ1n) is 6.27. The van der Waals surface area contributed by atoms with Crippen molar-refractivity contribution in [2.24, 2.45) is 13.0 Å². The molecule has 2 heterocycles. The van der Waals surface area contributed by atoms with Crippen LogP contribution in [-0.2, 0) is 11.8 Å². The van der Waals surface area contributed by atoms with Crippen molar-refractivity contribution in [1.29, 1.82) is 0 Å². The zero-order chi connectivity index (χ0) is 14.9. The van der Waals surface area contributed by atoms with Crippen molar-refractivity contribution in [3.05, 3.63) is 10.9 Å². The smallest absolute Gasteiger partial charge is 0.242 e. The molecule has 8 heteroatoms. The Morgan fingerprint density at radius 2 is 2.10 bits per heavy atom. The molecule has 0 aliphatic rings. The summed E-state index contributed by atoms with van der Waals surface area (Å²) in [4.78, 5) is 20.4. The lowest BCUT2D eigenvalue weighted by Gasteiger charge is -2.21. The van der Waals surface area contributed by atoms with Gasteiger partial charge in [-0.2, -0.15) is 5.10 Å². The van der Waals surface area contributed by atoms with Gasteiger partial charge in [-0.25, -0.2) is 14.6 Å². The number of aromatic nitrogens is 4. The summed E-state index contributed by atoms with van der Waals surface area (Å²) in [7, 11) is 3.43. The third-order valence-electron chi connectivity index (χ3n) is 3.07. The Kier molecular flexibility index (Phi) is 4.22. The number of fused-ring (bicyclic) bond motifs is 1. The Morgan fingerprint density at radius 3 is 2.70 bits per heavy atom. The number of hydrogen-bond acceptors (Lipinski definition) is 5. The lowest BCUT2D eigenvalue weighted by atomic mass is 10.0. The minimum Gasteiger partial charge on any atom is -0.357 e. The van der Waals surface area contributed by atoms with Crippen molar-refractivity contribution in [3.63, 3.8) is 0 Å². The third kappa shape index (κ3) is 2.60. The minimum absolute atomic E-state index is 0.0771. The topological polar surface area (TPSA) is 84.7 Å². The van der Waals surface area contributed by atoms with E-state index in [1.165, 1.54) is 6.33 Å². The molecule has 7 nitrogen and oxygen atoms in total. The van der Waals surface area contributed by atoms with Crippen molar-refractivity contribution in [1.82, 2.24) is 25.1 Å². The number of halogens is 1. The molecule has 0 saturated carbocycles. The number of amides is 1. The quantitative estimate of drug-likeness (QED) is 0.876. The molecule has 1 atom stereocenters. The minimum atomic E-state index is -0.370. The first-order chi connectivity index (χ1) is 9.45. The summed E-state index contributed by atoms with van der Waals surface area (Å²) in [5.41, 5.74) is 0.703. The highest BCUT2D eigenvalue weighted by molar-refractivity contribution is 9.10. The summed E-state index contributed by atoms with van der Waals surface area (Å²) < 4.78 is 2.31. The Labute approximate surface area is 125 Å². The second kappa shape index (κ2) is 5.74. The molecule has 0 spiro atoms. The van der Waals surface area contributed by atoms with E-state index in [0.717, 1.165) is 5.39 Å². The predicted molar refractivity (Wildman–Crippen MR) is 80.3 cm³/mol. The molecule has 0 fully saturated rings. The van der Waals surface area contributed by atoms with Crippen molar-refractivity contribution in [3.8, 4) is 0 Å². The molecular weight excluding hydrogens is 324 g/mol. The molecule has 20 heavy (non-hydrogen) atoms. The molecule has 108 valence electrons. The Morgan fingerprint density at radius 1 is 1.40 bits per heavy atom. The number of hydrogen-bond donors (Lipinski definition) is 2. The van der Waals surface area contributed by atoms with Crippen LogP contribution in [0.5, 0.6) is 0 Å². The summed E-state index contributed by atoms with van der Waals surface area (Å²) in [5.74, 6) is 0.638. The van der Waals surface area contributed by atoms with E-state index in [2.05, 4.69) is 41.6 Å².